The molecule has 1 aromatic heterocycles. The van der Waals surface area contributed by atoms with Crippen LogP contribution >= 0.6 is 23.8 Å². The summed E-state index contributed by atoms with van der Waals surface area (Å²) in [5, 5.41) is 7.91. The first kappa shape index (κ1) is 18.6. The largest absolute Gasteiger partial charge is 0.409 e. The van der Waals surface area contributed by atoms with E-state index in [-0.39, 0.29) is 16.3 Å². The second kappa shape index (κ2) is 7.46. The van der Waals surface area contributed by atoms with Crippen molar-refractivity contribution < 1.29 is 14.1 Å². The van der Waals surface area contributed by atoms with Gasteiger partial charge in [0.1, 0.15) is 0 Å². The molecule has 1 atom stereocenters. The lowest BCUT2D eigenvalue weighted by atomic mass is 10.1. The molecule has 0 aliphatic heterocycles. The molecular formula is C16H22ClN4O2S+. The van der Waals surface area contributed by atoms with E-state index in [0.29, 0.717) is 24.1 Å². The Balaban J connectivity index is 2.05. The lowest BCUT2D eigenvalue weighted by Crippen LogP contribution is -3.09. The van der Waals surface area contributed by atoms with Crippen molar-refractivity contribution in [2.24, 2.45) is 0 Å². The lowest BCUT2D eigenvalue weighted by Gasteiger charge is -2.21. The van der Waals surface area contributed by atoms with E-state index in [1.807, 2.05) is 40.0 Å². The smallest absolute Gasteiger partial charge is 0.292 e. The number of likely N-dealkylation sites (N-methyl/N-ethyl adjacent to an activating group) is 1. The normalized spacial score (nSPS) is 12.9. The van der Waals surface area contributed by atoms with Crippen LogP contribution in [0.15, 0.2) is 28.7 Å². The number of hydrogen-bond donors (Lipinski definition) is 2. The summed E-state index contributed by atoms with van der Waals surface area (Å²) in [4.78, 5) is 13.2. The van der Waals surface area contributed by atoms with Gasteiger partial charge in [-0.1, -0.05) is 17.7 Å². The zero-order valence-electron chi connectivity index (χ0n) is 14.2. The summed E-state index contributed by atoms with van der Waals surface area (Å²) in [7, 11) is 1.90. The van der Waals surface area contributed by atoms with Crippen molar-refractivity contribution >= 4 is 29.7 Å². The molecule has 1 heterocycles. The van der Waals surface area contributed by atoms with Crippen molar-refractivity contribution in [2.45, 2.75) is 33.0 Å². The van der Waals surface area contributed by atoms with Crippen molar-refractivity contribution in [1.29, 1.82) is 0 Å². The maximum absolute atomic E-state index is 12.0. The lowest BCUT2D eigenvalue weighted by molar-refractivity contribution is -0.895. The van der Waals surface area contributed by atoms with E-state index in [4.69, 9.17) is 28.2 Å². The number of carbonyl (C=O) groups excluding carboxylic acids is 1. The number of benzene rings is 1. The van der Waals surface area contributed by atoms with Crippen LogP contribution in [0, 0.1) is 4.84 Å². The molecule has 1 amide bonds. The highest BCUT2D eigenvalue weighted by Gasteiger charge is 2.18. The van der Waals surface area contributed by atoms with Crippen molar-refractivity contribution in [3.8, 4) is 11.5 Å². The van der Waals surface area contributed by atoms with Crippen LogP contribution < -0.4 is 10.2 Å². The molecule has 130 valence electrons. The predicted molar refractivity (Wildman–Crippen MR) is 95.4 cm³/mol. The fourth-order valence-electron chi connectivity index (χ4n) is 2.19. The van der Waals surface area contributed by atoms with Gasteiger partial charge in [0, 0.05) is 16.1 Å². The highest BCUT2D eigenvalue weighted by molar-refractivity contribution is 7.71. The maximum Gasteiger partial charge on any atom is 0.292 e. The molecule has 1 aromatic carbocycles. The van der Waals surface area contributed by atoms with Gasteiger partial charge in [-0.15, -0.1) is 5.10 Å². The summed E-state index contributed by atoms with van der Waals surface area (Å²) >= 11 is 11.2. The average Bonchev–Trinajstić information content (AvgIpc) is 2.77. The quantitative estimate of drug-likeness (QED) is 0.790. The standard InChI is InChI=1S/C16H21ClN4O2S/c1-16(2,3)18-13(22)9-20(4)10-21-15(24)23-14(19-21)11-6-5-7-12(17)8-11/h5-8H,9-10H2,1-4H3,(H,18,22)/p+1. The molecule has 0 fully saturated rings. The fraction of sp³-hybridized carbons (Fsp3) is 0.438. The molecule has 2 rings (SSSR count). The summed E-state index contributed by atoms with van der Waals surface area (Å²) in [5.41, 5.74) is 0.511. The summed E-state index contributed by atoms with van der Waals surface area (Å²) in [5.74, 6) is 0.388. The van der Waals surface area contributed by atoms with Crippen LogP contribution in [0.2, 0.25) is 5.02 Å². The van der Waals surface area contributed by atoms with Crippen LogP contribution in [-0.2, 0) is 11.5 Å². The van der Waals surface area contributed by atoms with Gasteiger partial charge in [-0.05, 0) is 51.2 Å². The molecule has 1 unspecified atom stereocenters. The van der Waals surface area contributed by atoms with Crippen LogP contribution in [0.25, 0.3) is 11.5 Å². The third kappa shape index (κ3) is 5.43. The number of quaternary nitrogens is 1. The molecule has 0 radical (unpaired) electrons. The maximum atomic E-state index is 12.0. The van der Waals surface area contributed by atoms with Gasteiger partial charge in [-0.2, -0.15) is 4.68 Å². The Labute approximate surface area is 151 Å². The predicted octanol–water partition coefficient (Wildman–Crippen LogP) is 1.91. The van der Waals surface area contributed by atoms with Gasteiger partial charge in [0.2, 0.25) is 5.89 Å². The van der Waals surface area contributed by atoms with Crippen molar-refractivity contribution in [1.82, 2.24) is 15.1 Å². The minimum Gasteiger partial charge on any atom is -0.409 e. The molecule has 2 aromatic rings. The Hall–Kier alpha value is -1.70. The van der Waals surface area contributed by atoms with Gasteiger partial charge in [0.25, 0.3) is 10.7 Å². The Morgan fingerprint density at radius 1 is 1.46 bits per heavy atom. The van der Waals surface area contributed by atoms with Crippen LogP contribution in [0.3, 0.4) is 0 Å². The van der Waals surface area contributed by atoms with Gasteiger partial charge < -0.3 is 14.6 Å². The van der Waals surface area contributed by atoms with Crippen molar-refractivity contribution in [2.75, 3.05) is 13.6 Å². The Morgan fingerprint density at radius 3 is 2.79 bits per heavy atom. The van der Waals surface area contributed by atoms with Gasteiger partial charge >= 0.3 is 0 Å². The van der Waals surface area contributed by atoms with Crippen LogP contribution in [-0.4, -0.2) is 34.8 Å². The molecule has 8 heteroatoms. The van der Waals surface area contributed by atoms with Crippen LogP contribution in [0.4, 0.5) is 0 Å². The monoisotopic (exact) mass is 369 g/mol. The molecule has 0 saturated carbocycles. The molecule has 24 heavy (non-hydrogen) atoms. The zero-order valence-corrected chi connectivity index (χ0v) is 15.8. The van der Waals surface area contributed by atoms with Crippen molar-refractivity contribution in [3.05, 3.63) is 34.1 Å². The average molecular weight is 370 g/mol. The van der Waals surface area contributed by atoms with E-state index < -0.39 is 0 Å². The minimum atomic E-state index is -0.249. The molecule has 2 N–H and O–H groups in total. The number of nitrogens with zero attached hydrogens (tertiary/aromatic N) is 2. The number of aromatic nitrogens is 2. The fourth-order valence-corrected chi connectivity index (χ4v) is 2.57. The molecule has 0 saturated heterocycles. The van der Waals surface area contributed by atoms with Gasteiger partial charge in [-0.3, -0.25) is 4.79 Å². The zero-order chi connectivity index (χ0) is 17.9. The summed E-state index contributed by atoms with van der Waals surface area (Å²) in [6.45, 7) is 6.60. The van der Waals surface area contributed by atoms with E-state index in [2.05, 4.69) is 10.4 Å². The second-order valence-electron chi connectivity index (χ2n) is 6.77. The van der Waals surface area contributed by atoms with Gasteiger partial charge in [-0.25, -0.2) is 0 Å². The van der Waals surface area contributed by atoms with Gasteiger partial charge in [0.05, 0.1) is 7.05 Å². The number of hydrogen-bond acceptors (Lipinski definition) is 4. The van der Waals surface area contributed by atoms with Crippen LogP contribution in [0.1, 0.15) is 20.8 Å². The first-order chi connectivity index (χ1) is 11.1. The van der Waals surface area contributed by atoms with Crippen molar-refractivity contribution in [3.63, 3.8) is 0 Å². The Morgan fingerprint density at radius 2 is 2.17 bits per heavy atom. The SMILES string of the molecule is C[NH+](CC(=O)NC(C)(C)C)Cn1nc(-c2cccc(Cl)c2)oc1=S. The topological polar surface area (TPSA) is 64.5 Å². The Bertz CT molecular complexity index is 779. The number of carbonyl (C=O) groups is 1. The highest BCUT2D eigenvalue weighted by atomic mass is 35.5. The summed E-state index contributed by atoms with van der Waals surface area (Å²) < 4.78 is 7.11. The molecular weight excluding hydrogens is 348 g/mol. The molecule has 0 aliphatic carbocycles. The van der Waals surface area contributed by atoms with E-state index in [1.165, 1.54) is 0 Å². The van der Waals surface area contributed by atoms with E-state index in [0.717, 1.165) is 10.5 Å². The molecule has 0 bridgehead atoms. The molecule has 0 spiro atoms. The molecule has 0 aliphatic rings. The highest BCUT2D eigenvalue weighted by Crippen LogP contribution is 2.21. The molecule has 6 nitrogen and oxygen atoms in total. The third-order valence-electron chi connectivity index (χ3n) is 3.07. The van der Waals surface area contributed by atoms with E-state index in [9.17, 15) is 4.79 Å². The van der Waals surface area contributed by atoms with E-state index >= 15 is 0 Å². The van der Waals surface area contributed by atoms with E-state index in [1.54, 1.807) is 16.8 Å². The number of amides is 1. The number of nitrogens with one attached hydrogen (secondary N) is 2. The summed E-state index contributed by atoms with van der Waals surface area (Å²) in [6.07, 6.45) is 0. The summed E-state index contributed by atoms with van der Waals surface area (Å²) in [6, 6.07) is 7.22. The second-order valence-corrected chi connectivity index (χ2v) is 7.56. The Kier molecular flexibility index (Phi) is 5.79. The number of rotatable bonds is 5. The first-order valence-electron chi connectivity index (χ1n) is 7.60. The third-order valence-corrected chi connectivity index (χ3v) is 3.60. The first-order valence-corrected chi connectivity index (χ1v) is 8.39. The number of halogens is 1. The van der Waals surface area contributed by atoms with Crippen LogP contribution in [0.5, 0.6) is 0 Å². The van der Waals surface area contributed by atoms with Gasteiger partial charge in [0.15, 0.2) is 13.2 Å². The minimum absolute atomic E-state index is 0.0231.